The van der Waals surface area contributed by atoms with Crippen molar-refractivity contribution in [2.24, 2.45) is 0 Å². The highest BCUT2D eigenvalue weighted by Crippen LogP contribution is 2.11. The summed E-state index contributed by atoms with van der Waals surface area (Å²) in [4.78, 5) is 24.4. The third kappa shape index (κ3) is 2.48. The van der Waals surface area contributed by atoms with E-state index in [0.29, 0.717) is 24.2 Å². The average Bonchev–Trinajstić information content (AvgIpc) is 2.30. The van der Waals surface area contributed by atoms with Crippen LogP contribution in [0.25, 0.3) is 0 Å². The lowest BCUT2D eigenvalue weighted by atomic mass is 10.1. The van der Waals surface area contributed by atoms with E-state index < -0.39 is 0 Å². The quantitative estimate of drug-likeness (QED) is 0.728. The highest BCUT2D eigenvalue weighted by atomic mass is 16.2. The molecule has 0 heterocycles. The van der Waals surface area contributed by atoms with Crippen LogP contribution in [-0.2, 0) is 0 Å². The van der Waals surface area contributed by atoms with Gasteiger partial charge in [-0.2, -0.15) is 0 Å². The van der Waals surface area contributed by atoms with Crippen molar-refractivity contribution < 1.29 is 9.59 Å². The first kappa shape index (κ1) is 12.4. The molecule has 0 aromatic heterocycles. The molecular formula is C13H17NO2. The molecule has 1 aromatic rings. The first-order chi connectivity index (χ1) is 7.63. The SMILES string of the molecule is CCN(CC)C(=O)c1ccc(C=O)c(C)c1. The number of carbonyl (C=O) groups excluding carboxylic acids is 2. The molecule has 16 heavy (non-hydrogen) atoms. The topological polar surface area (TPSA) is 37.4 Å². The maximum absolute atomic E-state index is 12.0. The Morgan fingerprint density at radius 2 is 1.94 bits per heavy atom. The van der Waals surface area contributed by atoms with Gasteiger partial charge >= 0.3 is 0 Å². The summed E-state index contributed by atoms with van der Waals surface area (Å²) in [6, 6.07) is 5.17. The molecule has 0 fully saturated rings. The molecule has 0 aliphatic carbocycles. The van der Waals surface area contributed by atoms with Gasteiger partial charge in [0.05, 0.1) is 0 Å². The van der Waals surface area contributed by atoms with Gasteiger partial charge in [0.25, 0.3) is 5.91 Å². The Bertz CT molecular complexity index is 395. The molecular weight excluding hydrogens is 202 g/mol. The molecule has 0 radical (unpaired) electrons. The van der Waals surface area contributed by atoms with Gasteiger partial charge in [-0.3, -0.25) is 9.59 Å². The largest absolute Gasteiger partial charge is 0.339 e. The molecule has 0 atom stereocenters. The van der Waals surface area contributed by atoms with Crippen LogP contribution in [0.3, 0.4) is 0 Å². The van der Waals surface area contributed by atoms with Gasteiger partial charge in [-0.25, -0.2) is 0 Å². The number of hydrogen-bond acceptors (Lipinski definition) is 2. The van der Waals surface area contributed by atoms with Crippen molar-refractivity contribution >= 4 is 12.2 Å². The lowest BCUT2D eigenvalue weighted by Gasteiger charge is -2.18. The number of benzene rings is 1. The Hall–Kier alpha value is -1.64. The van der Waals surface area contributed by atoms with Crippen LogP contribution in [0, 0.1) is 6.92 Å². The molecule has 0 N–H and O–H groups in total. The van der Waals surface area contributed by atoms with Crippen LogP contribution in [0.2, 0.25) is 0 Å². The predicted molar refractivity (Wildman–Crippen MR) is 63.8 cm³/mol. The van der Waals surface area contributed by atoms with E-state index in [1.54, 1.807) is 23.1 Å². The van der Waals surface area contributed by atoms with E-state index in [1.807, 2.05) is 20.8 Å². The maximum Gasteiger partial charge on any atom is 0.253 e. The van der Waals surface area contributed by atoms with E-state index in [0.717, 1.165) is 11.8 Å². The number of carbonyl (C=O) groups is 2. The number of rotatable bonds is 4. The fraction of sp³-hybridized carbons (Fsp3) is 0.385. The summed E-state index contributed by atoms with van der Waals surface area (Å²) < 4.78 is 0. The Morgan fingerprint density at radius 3 is 2.38 bits per heavy atom. The summed E-state index contributed by atoms with van der Waals surface area (Å²) in [5.74, 6) is 0.0190. The van der Waals surface area contributed by atoms with Crippen molar-refractivity contribution in [1.29, 1.82) is 0 Å². The van der Waals surface area contributed by atoms with Gasteiger partial charge in [0, 0.05) is 24.2 Å². The summed E-state index contributed by atoms with van der Waals surface area (Å²) in [6.45, 7) is 7.14. The van der Waals surface area contributed by atoms with E-state index in [-0.39, 0.29) is 5.91 Å². The molecule has 1 amide bonds. The van der Waals surface area contributed by atoms with Gasteiger partial charge in [-0.15, -0.1) is 0 Å². The van der Waals surface area contributed by atoms with Crippen LogP contribution in [0.5, 0.6) is 0 Å². The minimum absolute atomic E-state index is 0.0190. The van der Waals surface area contributed by atoms with E-state index >= 15 is 0 Å². The number of amides is 1. The lowest BCUT2D eigenvalue weighted by molar-refractivity contribution is 0.0772. The predicted octanol–water partition coefficient (Wildman–Crippen LogP) is 2.29. The summed E-state index contributed by atoms with van der Waals surface area (Å²) in [5.41, 5.74) is 2.12. The molecule has 0 aliphatic rings. The Balaban J connectivity index is 3.01. The zero-order valence-corrected chi connectivity index (χ0v) is 9.99. The molecule has 0 saturated carbocycles. The van der Waals surface area contributed by atoms with E-state index in [4.69, 9.17) is 0 Å². The van der Waals surface area contributed by atoms with Crippen LogP contribution >= 0.6 is 0 Å². The monoisotopic (exact) mass is 219 g/mol. The highest BCUT2D eigenvalue weighted by molar-refractivity contribution is 5.95. The average molecular weight is 219 g/mol. The minimum atomic E-state index is 0.0190. The third-order valence-electron chi connectivity index (χ3n) is 2.69. The molecule has 3 nitrogen and oxygen atoms in total. The Kier molecular flexibility index (Phi) is 4.23. The summed E-state index contributed by atoms with van der Waals surface area (Å²) in [5, 5.41) is 0. The molecule has 0 aliphatic heterocycles. The number of aldehydes is 1. The van der Waals surface area contributed by atoms with E-state index in [2.05, 4.69) is 0 Å². The van der Waals surface area contributed by atoms with Gasteiger partial charge in [-0.1, -0.05) is 6.07 Å². The van der Waals surface area contributed by atoms with Gasteiger partial charge < -0.3 is 4.90 Å². The second-order valence-corrected chi connectivity index (χ2v) is 3.67. The summed E-state index contributed by atoms with van der Waals surface area (Å²) in [6.07, 6.45) is 0.807. The van der Waals surface area contributed by atoms with Crippen LogP contribution in [0.4, 0.5) is 0 Å². The minimum Gasteiger partial charge on any atom is -0.339 e. The maximum atomic E-state index is 12.0. The van der Waals surface area contributed by atoms with Gasteiger partial charge in [0.1, 0.15) is 6.29 Å². The molecule has 0 bridgehead atoms. The smallest absolute Gasteiger partial charge is 0.253 e. The highest BCUT2D eigenvalue weighted by Gasteiger charge is 2.12. The third-order valence-corrected chi connectivity index (χ3v) is 2.69. The van der Waals surface area contributed by atoms with E-state index in [9.17, 15) is 9.59 Å². The molecule has 0 saturated heterocycles. The molecule has 86 valence electrons. The van der Waals surface area contributed by atoms with Crippen molar-refractivity contribution in [3.63, 3.8) is 0 Å². The number of hydrogen-bond donors (Lipinski definition) is 0. The van der Waals surface area contributed by atoms with Gasteiger partial charge in [0.2, 0.25) is 0 Å². The summed E-state index contributed by atoms with van der Waals surface area (Å²) >= 11 is 0. The van der Waals surface area contributed by atoms with Crippen molar-refractivity contribution in [3.05, 3.63) is 34.9 Å². The Morgan fingerprint density at radius 1 is 1.31 bits per heavy atom. The molecule has 3 heteroatoms. The van der Waals surface area contributed by atoms with Crippen molar-refractivity contribution in [2.45, 2.75) is 20.8 Å². The van der Waals surface area contributed by atoms with Crippen molar-refractivity contribution in [1.82, 2.24) is 4.90 Å². The zero-order chi connectivity index (χ0) is 12.1. The molecule has 1 rings (SSSR count). The molecule has 1 aromatic carbocycles. The van der Waals surface area contributed by atoms with Crippen LogP contribution in [0.15, 0.2) is 18.2 Å². The molecule has 0 unspecified atom stereocenters. The second-order valence-electron chi connectivity index (χ2n) is 3.67. The van der Waals surface area contributed by atoms with Crippen molar-refractivity contribution in [3.8, 4) is 0 Å². The first-order valence-electron chi connectivity index (χ1n) is 5.49. The molecule has 0 spiro atoms. The standard InChI is InChI=1S/C13H17NO2/c1-4-14(5-2)13(16)11-6-7-12(9-15)10(3)8-11/h6-9H,4-5H2,1-3H3. The van der Waals surface area contributed by atoms with Gasteiger partial charge in [0.15, 0.2) is 0 Å². The van der Waals surface area contributed by atoms with Crippen molar-refractivity contribution in [2.75, 3.05) is 13.1 Å². The van der Waals surface area contributed by atoms with Crippen LogP contribution in [-0.4, -0.2) is 30.2 Å². The number of aryl methyl sites for hydroxylation is 1. The fourth-order valence-electron chi connectivity index (χ4n) is 1.63. The van der Waals surface area contributed by atoms with Gasteiger partial charge in [-0.05, 0) is 38.5 Å². The Labute approximate surface area is 96.1 Å². The zero-order valence-electron chi connectivity index (χ0n) is 9.99. The number of nitrogens with zero attached hydrogens (tertiary/aromatic N) is 1. The second kappa shape index (κ2) is 5.45. The first-order valence-corrected chi connectivity index (χ1v) is 5.49. The fourth-order valence-corrected chi connectivity index (χ4v) is 1.63. The van der Waals surface area contributed by atoms with Crippen LogP contribution < -0.4 is 0 Å². The van der Waals surface area contributed by atoms with Crippen LogP contribution in [0.1, 0.15) is 40.1 Å². The van der Waals surface area contributed by atoms with E-state index in [1.165, 1.54) is 0 Å². The normalized spacial score (nSPS) is 9.94. The lowest BCUT2D eigenvalue weighted by Crippen LogP contribution is -2.30. The summed E-state index contributed by atoms with van der Waals surface area (Å²) in [7, 11) is 0.